The lowest BCUT2D eigenvalue weighted by Gasteiger charge is -2.16. The molecule has 72 valence electrons. The summed E-state index contributed by atoms with van der Waals surface area (Å²) in [7, 11) is 0. The van der Waals surface area contributed by atoms with Gasteiger partial charge in [0.25, 0.3) is 0 Å². The van der Waals surface area contributed by atoms with Crippen LogP contribution in [0, 0.1) is 11.8 Å². The Morgan fingerprint density at radius 3 is 2.62 bits per heavy atom. The normalized spacial score (nSPS) is 31.8. The summed E-state index contributed by atoms with van der Waals surface area (Å²) in [4.78, 5) is 13.5. The largest absolute Gasteiger partial charge is 0.342 e. The zero-order chi connectivity index (χ0) is 9.26. The van der Waals surface area contributed by atoms with E-state index >= 15 is 0 Å². The molecule has 0 bridgehead atoms. The molecule has 0 spiro atoms. The number of rotatable bonds is 2. The molecule has 2 aliphatic heterocycles. The topological polar surface area (TPSA) is 32.3 Å². The third kappa shape index (κ3) is 1.61. The van der Waals surface area contributed by atoms with E-state index in [4.69, 9.17) is 0 Å². The first-order valence-corrected chi connectivity index (χ1v) is 4.90. The summed E-state index contributed by atoms with van der Waals surface area (Å²) in [5.41, 5.74) is 0. The van der Waals surface area contributed by atoms with Gasteiger partial charge in [0.2, 0.25) is 5.91 Å². The van der Waals surface area contributed by atoms with E-state index in [1.165, 1.54) is 0 Å². The van der Waals surface area contributed by atoms with Gasteiger partial charge < -0.3 is 10.2 Å². The van der Waals surface area contributed by atoms with Gasteiger partial charge in [-0.3, -0.25) is 4.79 Å². The lowest BCUT2D eigenvalue weighted by Crippen LogP contribution is -2.31. The number of hydrogen-bond acceptors (Lipinski definition) is 2. The van der Waals surface area contributed by atoms with Gasteiger partial charge in [-0.2, -0.15) is 0 Å². The highest BCUT2D eigenvalue weighted by atomic mass is 16.2. The monoisotopic (exact) mass is 180 g/mol. The summed E-state index contributed by atoms with van der Waals surface area (Å²) in [5.74, 6) is 1.65. The lowest BCUT2D eigenvalue weighted by molar-refractivity contribution is -0.129. The molecule has 2 heterocycles. The van der Waals surface area contributed by atoms with Crippen LogP contribution in [0.25, 0.3) is 0 Å². The van der Waals surface area contributed by atoms with Crippen LogP contribution in [0.2, 0.25) is 0 Å². The van der Waals surface area contributed by atoms with Gasteiger partial charge in [0, 0.05) is 32.6 Å². The Morgan fingerprint density at radius 1 is 1.46 bits per heavy atom. The zero-order valence-electron chi connectivity index (χ0n) is 7.83. The van der Waals surface area contributed by atoms with Crippen LogP contribution in [0.3, 0.4) is 0 Å². The highest BCUT2D eigenvalue weighted by Crippen LogP contribution is 2.26. The molecule has 2 atom stereocenters. The Hall–Kier alpha value is -0.830. The van der Waals surface area contributed by atoms with E-state index in [2.05, 4.69) is 11.9 Å². The molecule has 1 amide bonds. The Morgan fingerprint density at radius 2 is 2.08 bits per heavy atom. The van der Waals surface area contributed by atoms with Gasteiger partial charge in [-0.05, 0) is 11.8 Å². The van der Waals surface area contributed by atoms with Crippen molar-refractivity contribution in [2.75, 3.05) is 26.2 Å². The highest BCUT2D eigenvalue weighted by molar-refractivity contribution is 5.77. The number of likely N-dealkylation sites (tertiary alicyclic amines) is 1. The Labute approximate surface area is 78.8 Å². The standard InChI is InChI=1S/C10H16N2O/c1-2-3-10(13)12-6-8-4-11-5-9(8)7-12/h2,8-9,11H,1,3-7H2/t8-,9+. The highest BCUT2D eigenvalue weighted by Gasteiger charge is 2.37. The van der Waals surface area contributed by atoms with Gasteiger partial charge in [-0.25, -0.2) is 0 Å². The van der Waals surface area contributed by atoms with E-state index in [1.807, 2.05) is 4.90 Å². The molecular weight excluding hydrogens is 164 g/mol. The van der Waals surface area contributed by atoms with Crippen LogP contribution in [0.4, 0.5) is 0 Å². The SMILES string of the molecule is C=CCC(=O)N1C[C@H]2CNC[C@H]2C1. The number of carbonyl (C=O) groups excluding carboxylic acids is 1. The van der Waals surface area contributed by atoms with Crippen molar-refractivity contribution >= 4 is 5.91 Å². The second kappa shape index (κ2) is 3.50. The molecule has 2 rings (SSSR count). The number of carbonyl (C=O) groups is 1. The quantitative estimate of drug-likeness (QED) is 0.617. The summed E-state index contributed by atoms with van der Waals surface area (Å²) < 4.78 is 0. The van der Waals surface area contributed by atoms with Crippen molar-refractivity contribution in [2.24, 2.45) is 11.8 Å². The Kier molecular flexibility index (Phi) is 2.36. The number of nitrogens with zero attached hydrogens (tertiary/aromatic N) is 1. The van der Waals surface area contributed by atoms with Crippen LogP contribution < -0.4 is 5.32 Å². The second-order valence-electron chi connectivity index (χ2n) is 3.97. The van der Waals surface area contributed by atoms with E-state index in [-0.39, 0.29) is 5.91 Å². The molecule has 0 aliphatic carbocycles. The van der Waals surface area contributed by atoms with Gasteiger partial charge in [-0.1, -0.05) is 6.08 Å². The van der Waals surface area contributed by atoms with Crippen LogP contribution in [-0.4, -0.2) is 37.0 Å². The van der Waals surface area contributed by atoms with Crippen LogP contribution >= 0.6 is 0 Å². The third-order valence-electron chi connectivity index (χ3n) is 3.06. The van der Waals surface area contributed by atoms with Gasteiger partial charge in [0.15, 0.2) is 0 Å². The Balaban J connectivity index is 1.91. The van der Waals surface area contributed by atoms with Crippen molar-refractivity contribution in [3.63, 3.8) is 0 Å². The molecule has 2 fully saturated rings. The maximum absolute atomic E-state index is 11.5. The van der Waals surface area contributed by atoms with Crippen molar-refractivity contribution in [1.29, 1.82) is 0 Å². The third-order valence-corrected chi connectivity index (χ3v) is 3.06. The molecule has 0 saturated carbocycles. The maximum Gasteiger partial charge on any atom is 0.226 e. The molecule has 0 aromatic heterocycles. The van der Waals surface area contributed by atoms with Gasteiger partial charge >= 0.3 is 0 Å². The summed E-state index contributed by atoms with van der Waals surface area (Å²) in [6, 6.07) is 0. The maximum atomic E-state index is 11.5. The molecule has 0 aromatic rings. The molecule has 0 aromatic carbocycles. The fourth-order valence-corrected chi connectivity index (χ4v) is 2.31. The van der Waals surface area contributed by atoms with E-state index in [0.29, 0.717) is 18.3 Å². The average molecular weight is 180 g/mol. The molecular formula is C10H16N2O. The summed E-state index contributed by atoms with van der Waals surface area (Å²) in [6.45, 7) is 7.65. The summed E-state index contributed by atoms with van der Waals surface area (Å²) >= 11 is 0. The van der Waals surface area contributed by atoms with Crippen LogP contribution in [-0.2, 0) is 4.79 Å². The second-order valence-corrected chi connectivity index (χ2v) is 3.97. The van der Waals surface area contributed by atoms with Crippen LogP contribution in [0.5, 0.6) is 0 Å². The minimum atomic E-state index is 0.240. The average Bonchev–Trinajstić information content (AvgIpc) is 2.61. The molecule has 2 saturated heterocycles. The Bertz CT molecular complexity index is 215. The molecule has 2 aliphatic rings. The van der Waals surface area contributed by atoms with Gasteiger partial charge in [-0.15, -0.1) is 6.58 Å². The van der Waals surface area contributed by atoms with E-state index in [1.54, 1.807) is 6.08 Å². The minimum absolute atomic E-state index is 0.240. The van der Waals surface area contributed by atoms with Crippen LogP contribution in [0.15, 0.2) is 12.7 Å². The van der Waals surface area contributed by atoms with Gasteiger partial charge in [0.05, 0.1) is 0 Å². The molecule has 0 radical (unpaired) electrons. The first-order chi connectivity index (χ1) is 6.31. The van der Waals surface area contributed by atoms with Crippen molar-refractivity contribution in [1.82, 2.24) is 10.2 Å². The van der Waals surface area contributed by atoms with E-state index < -0.39 is 0 Å². The fourth-order valence-electron chi connectivity index (χ4n) is 2.31. The molecule has 1 N–H and O–H groups in total. The molecule has 0 unspecified atom stereocenters. The predicted molar refractivity (Wildman–Crippen MR) is 51.2 cm³/mol. The lowest BCUT2D eigenvalue weighted by atomic mass is 10.0. The van der Waals surface area contributed by atoms with E-state index in [9.17, 15) is 4.79 Å². The van der Waals surface area contributed by atoms with Crippen molar-refractivity contribution < 1.29 is 4.79 Å². The van der Waals surface area contributed by atoms with Crippen molar-refractivity contribution in [2.45, 2.75) is 6.42 Å². The first-order valence-electron chi connectivity index (χ1n) is 4.90. The van der Waals surface area contributed by atoms with Crippen molar-refractivity contribution in [3.8, 4) is 0 Å². The molecule has 3 heteroatoms. The number of fused-ring (bicyclic) bond motifs is 1. The van der Waals surface area contributed by atoms with Crippen LogP contribution in [0.1, 0.15) is 6.42 Å². The smallest absolute Gasteiger partial charge is 0.226 e. The van der Waals surface area contributed by atoms with Gasteiger partial charge in [0.1, 0.15) is 0 Å². The minimum Gasteiger partial charge on any atom is -0.342 e. The van der Waals surface area contributed by atoms with E-state index in [0.717, 1.165) is 26.2 Å². The predicted octanol–water partition coefficient (Wildman–Crippen LogP) is 0.240. The number of hydrogen-bond donors (Lipinski definition) is 1. The summed E-state index contributed by atoms with van der Waals surface area (Å²) in [5, 5.41) is 3.36. The van der Waals surface area contributed by atoms with Crippen molar-refractivity contribution in [3.05, 3.63) is 12.7 Å². The molecule has 13 heavy (non-hydrogen) atoms. The summed E-state index contributed by atoms with van der Waals surface area (Å²) in [6.07, 6.45) is 2.18. The molecule has 3 nitrogen and oxygen atoms in total. The first kappa shape index (κ1) is 8.75. The fraction of sp³-hybridized carbons (Fsp3) is 0.700. The zero-order valence-corrected chi connectivity index (χ0v) is 7.83. The number of amides is 1. The number of nitrogens with one attached hydrogen (secondary N) is 1.